The first-order valence-electron chi connectivity index (χ1n) is 16.5. The maximum Gasteiger partial charge on any atom is 0.298 e. The second kappa shape index (κ2) is 18.6. The topological polar surface area (TPSA) is 47.4 Å². The molecule has 1 aliphatic carbocycles. The number of carbonyl (C=O) groups is 1. The number of benzene rings is 2. The number of rotatable bonds is 17. The maximum absolute atomic E-state index is 11.0. The van der Waals surface area contributed by atoms with E-state index in [1.165, 1.54) is 22.4 Å². The van der Waals surface area contributed by atoms with Crippen LogP contribution in [-0.2, 0) is 35.6 Å². The molecule has 0 N–H and O–H groups in total. The average Bonchev–Trinajstić information content (AvgIpc) is 3.38. The number of allylic oxidation sites excluding steroid dienone is 7. The first-order chi connectivity index (χ1) is 22.1. The van der Waals surface area contributed by atoms with E-state index in [0.717, 1.165) is 81.8 Å². The van der Waals surface area contributed by atoms with Crippen molar-refractivity contribution in [2.24, 2.45) is 0 Å². The summed E-state index contributed by atoms with van der Waals surface area (Å²) >= 11 is 0. The summed E-state index contributed by atoms with van der Waals surface area (Å²) in [5.74, 6) is 1.77. The van der Waals surface area contributed by atoms with E-state index in [4.69, 9.17) is 9.72 Å². The molecule has 1 heterocycles. The molecule has 0 atom stereocenters. The fourth-order valence-electron chi connectivity index (χ4n) is 5.73. The Morgan fingerprint density at radius 2 is 1.67 bits per heavy atom. The molecule has 0 saturated carbocycles. The fourth-order valence-corrected chi connectivity index (χ4v) is 5.73. The van der Waals surface area contributed by atoms with Gasteiger partial charge >= 0.3 is 0 Å². The lowest BCUT2D eigenvalue weighted by Gasteiger charge is -2.25. The molecule has 0 spiro atoms. The molecule has 1 aromatic heterocycles. The van der Waals surface area contributed by atoms with E-state index >= 15 is 0 Å². The summed E-state index contributed by atoms with van der Waals surface area (Å²) in [7, 11) is 0. The minimum atomic E-state index is 0.521. The molecule has 0 bridgehead atoms. The highest BCUT2D eigenvalue weighted by atomic mass is 16.5. The predicted molar refractivity (Wildman–Crippen MR) is 186 cm³/mol. The highest BCUT2D eigenvalue weighted by Gasteiger charge is 2.21. The van der Waals surface area contributed by atoms with Gasteiger partial charge in [0.25, 0.3) is 6.47 Å². The Hall–Kier alpha value is -4.22. The standard InChI is InChI=1S/C40H49N3O2/c1-4-6-8-9-10-17-25-38-39(43(26-7-5-2)40(41-38)36-22-15-12-16-23-36)31-42(29-34-19-13-11-14-20-34)30-35-21-18-24-37(45-32-44)28-33(3)27-35/h6,8,10-17,19-24,27,32H,4-5,7,9,18,25-26,28-31H2,1-3H3/b8-6-,17-10-,33-27-,35-21?,37-24+. The van der Waals surface area contributed by atoms with Gasteiger partial charge in [-0.3, -0.25) is 9.69 Å². The van der Waals surface area contributed by atoms with E-state index in [-0.39, 0.29) is 0 Å². The molecule has 2 aromatic carbocycles. The minimum absolute atomic E-state index is 0.521. The first kappa shape index (κ1) is 33.7. The van der Waals surface area contributed by atoms with E-state index in [9.17, 15) is 4.79 Å². The van der Waals surface area contributed by atoms with Crippen molar-refractivity contribution in [2.45, 2.75) is 85.4 Å². The third-order valence-corrected chi connectivity index (χ3v) is 7.91. The van der Waals surface area contributed by atoms with Crippen molar-refractivity contribution in [2.75, 3.05) is 6.54 Å². The summed E-state index contributed by atoms with van der Waals surface area (Å²) in [6.45, 7) is 10.4. The second-order valence-corrected chi connectivity index (χ2v) is 11.7. The predicted octanol–water partition coefficient (Wildman–Crippen LogP) is 9.53. The molecule has 0 unspecified atom stereocenters. The van der Waals surface area contributed by atoms with Crippen LogP contribution in [0.2, 0.25) is 0 Å². The van der Waals surface area contributed by atoms with Crippen LogP contribution in [0.1, 0.15) is 76.2 Å². The van der Waals surface area contributed by atoms with Crippen molar-refractivity contribution in [3.63, 3.8) is 0 Å². The molecule has 5 heteroatoms. The summed E-state index contributed by atoms with van der Waals surface area (Å²) < 4.78 is 7.68. The Balaban J connectivity index is 1.73. The van der Waals surface area contributed by atoms with Crippen LogP contribution in [0.25, 0.3) is 11.4 Å². The Morgan fingerprint density at radius 1 is 0.911 bits per heavy atom. The average molecular weight is 604 g/mol. The smallest absolute Gasteiger partial charge is 0.298 e. The van der Waals surface area contributed by atoms with Gasteiger partial charge in [-0.05, 0) is 49.8 Å². The highest BCUT2D eigenvalue weighted by Crippen LogP contribution is 2.27. The van der Waals surface area contributed by atoms with Crippen LogP contribution < -0.4 is 0 Å². The van der Waals surface area contributed by atoms with Crippen LogP contribution in [-0.4, -0.2) is 27.5 Å². The number of hydrogen-bond donors (Lipinski definition) is 0. The number of nitrogens with zero attached hydrogens (tertiary/aromatic N) is 3. The SMILES string of the molecule is CC/C=C\C/C=C\Cc1nc(-c2ccccc2)n(CCCC)c1CN(CC1=CC/C=C(/OC=O)C/C(C)=C\1)Cc1ccccc1. The lowest BCUT2D eigenvalue weighted by molar-refractivity contribution is -0.125. The molecule has 4 rings (SSSR count). The van der Waals surface area contributed by atoms with Crippen LogP contribution >= 0.6 is 0 Å². The van der Waals surface area contributed by atoms with E-state index in [0.29, 0.717) is 18.7 Å². The summed E-state index contributed by atoms with van der Waals surface area (Å²) in [4.78, 5) is 18.8. The van der Waals surface area contributed by atoms with Gasteiger partial charge in [-0.15, -0.1) is 0 Å². The van der Waals surface area contributed by atoms with Crippen LogP contribution in [0.15, 0.2) is 120 Å². The highest BCUT2D eigenvalue weighted by molar-refractivity contribution is 5.57. The van der Waals surface area contributed by atoms with Gasteiger partial charge in [-0.2, -0.15) is 0 Å². The van der Waals surface area contributed by atoms with Gasteiger partial charge < -0.3 is 9.30 Å². The lowest BCUT2D eigenvalue weighted by Crippen LogP contribution is -2.27. The van der Waals surface area contributed by atoms with Gasteiger partial charge in [0.05, 0.1) is 11.4 Å². The number of unbranched alkanes of at least 4 members (excludes halogenated alkanes) is 1. The Bertz CT molecular complexity index is 1490. The van der Waals surface area contributed by atoms with E-state index < -0.39 is 0 Å². The quantitative estimate of drug-likeness (QED) is 0.114. The van der Waals surface area contributed by atoms with Crippen molar-refractivity contribution < 1.29 is 9.53 Å². The molecule has 45 heavy (non-hydrogen) atoms. The van der Waals surface area contributed by atoms with E-state index in [1.54, 1.807) is 0 Å². The van der Waals surface area contributed by atoms with Gasteiger partial charge in [-0.25, -0.2) is 4.98 Å². The lowest BCUT2D eigenvalue weighted by atomic mass is 10.0. The monoisotopic (exact) mass is 603 g/mol. The molecule has 0 radical (unpaired) electrons. The molecule has 1 aliphatic rings. The minimum Gasteiger partial charge on any atom is -0.433 e. The van der Waals surface area contributed by atoms with Crippen LogP contribution in [0.4, 0.5) is 0 Å². The third-order valence-electron chi connectivity index (χ3n) is 7.91. The summed E-state index contributed by atoms with van der Waals surface area (Å²) in [6, 6.07) is 21.4. The maximum atomic E-state index is 11.0. The summed E-state index contributed by atoms with van der Waals surface area (Å²) in [6.07, 6.45) is 21.9. The molecule has 0 fully saturated rings. The molecule has 0 aliphatic heterocycles. The normalized spacial score (nSPS) is 16.2. The zero-order chi connectivity index (χ0) is 31.7. The van der Waals surface area contributed by atoms with E-state index in [1.807, 2.05) is 6.08 Å². The largest absolute Gasteiger partial charge is 0.433 e. The van der Waals surface area contributed by atoms with Crippen LogP contribution in [0.3, 0.4) is 0 Å². The van der Waals surface area contributed by atoms with Crippen molar-refractivity contribution in [3.8, 4) is 11.4 Å². The van der Waals surface area contributed by atoms with Gasteiger partial charge in [-0.1, -0.05) is 123 Å². The van der Waals surface area contributed by atoms with Crippen molar-refractivity contribution in [1.29, 1.82) is 0 Å². The number of hydrogen-bond acceptors (Lipinski definition) is 4. The summed E-state index contributed by atoms with van der Waals surface area (Å²) in [5, 5.41) is 0. The summed E-state index contributed by atoms with van der Waals surface area (Å²) in [5.41, 5.74) is 7.34. The third kappa shape index (κ3) is 10.7. The van der Waals surface area contributed by atoms with Gasteiger partial charge in [0.15, 0.2) is 0 Å². The van der Waals surface area contributed by atoms with E-state index in [2.05, 4.69) is 127 Å². The number of aromatic nitrogens is 2. The number of carbonyl (C=O) groups excluding carboxylic acids is 1. The van der Waals surface area contributed by atoms with Crippen molar-refractivity contribution in [1.82, 2.24) is 14.5 Å². The number of imidazole rings is 1. The Labute approximate surface area is 270 Å². The van der Waals surface area contributed by atoms with Crippen molar-refractivity contribution >= 4 is 6.47 Å². The Morgan fingerprint density at radius 3 is 2.40 bits per heavy atom. The van der Waals surface area contributed by atoms with Gasteiger partial charge in [0.2, 0.25) is 0 Å². The van der Waals surface area contributed by atoms with Crippen molar-refractivity contribution in [3.05, 3.63) is 137 Å². The van der Waals surface area contributed by atoms with Crippen LogP contribution in [0.5, 0.6) is 0 Å². The molecule has 0 saturated heterocycles. The second-order valence-electron chi connectivity index (χ2n) is 11.7. The zero-order valence-electron chi connectivity index (χ0n) is 27.3. The molecular weight excluding hydrogens is 554 g/mol. The molecule has 0 amide bonds. The fraction of sp³-hybridized carbons (Fsp3) is 0.350. The van der Waals surface area contributed by atoms with Gasteiger partial charge in [0.1, 0.15) is 11.6 Å². The number of ether oxygens (including phenoxy) is 1. The first-order valence-corrected chi connectivity index (χ1v) is 16.5. The molecule has 236 valence electrons. The molecular formula is C40H49N3O2. The van der Waals surface area contributed by atoms with Gasteiger partial charge in [0, 0.05) is 44.6 Å². The Kier molecular flexibility index (Phi) is 13.9. The molecule has 3 aromatic rings. The van der Waals surface area contributed by atoms with Crippen LogP contribution in [0, 0.1) is 0 Å². The molecule has 5 nitrogen and oxygen atoms in total. The zero-order valence-corrected chi connectivity index (χ0v) is 27.3.